The molecule has 1 aliphatic heterocycles. The summed E-state index contributed by atoms with van der Waals surface area (Å²) >= 11 is 0. The van der Waals surface area contributed by atoms with Crippen LogP contribution in [0.1, 0.15) is 61.7 Å². The average Bonchev–Trinajstić information content (AvgIpc) is 3.47. The number of benzene rings is 4. The second-order valence-electron chi connectivity index (χ2n) is 11.7. The zero-order valence-electron chi connectivity index (χ0n) is 24.8. The molecule has 6 aromatic rings. The highest BCUT2D eigenvalue weighted by Crippen LogP contribution is 2.35. The molecule has 1 unspecified atom stereocenters. The lowest BCUT2D eigenvalue weighted by Crippen LogP contribution is -2.29. The Labute approximate surface area is 262 Å². The van der Waals surface area contributed by atoms with Gasteiger partial charge in [0.2, 0.25) is 0 Å². The van der Waals surface area contributed by atoms with E-state index in [1.165, 1.54) is 34.7 Å². The van der Waals surface area contributed by atoms with Crippen LogP contribution in [0.2, 0.25) is 0 Å². The van der Waals surface area contributed by atoms with Crippen molar-refractivity contribution in [2.24, 2.45) is 0 Å². The van der Waals surface area contributed by atoms with Gasteiger partial charge in [-0.2, -0.15) is 0 Å². The maximum Gasteiger partial charge on any atom is 0.262 e. The number of hydrogen-bond acceptors (Lipinski definition) is 5. The van der Waals surface area contributed by atoms with Crippen LogP contribution in [-0.4, -0.2) is 49.7 Å². The molecule has 4 aromatic carbocycles. The predicted molar refractivity (Wildman–Crippen MR) is 178 cm³/mol. The molecule has 0 radical (unpaired) electrons. The first kappa shape index (κ1) is 30.2. The molecule has 8 heteroatoms. The van der Waals surface area contributed by atoms with Crippen molar-refractivity contribution in [2.75, 3.05) is 20.1 Å². The maximum atomic E-state index is 14.6. The zero-order chi connectivity index (χ0) is 30.4. The largest absolute Gasteiger partial charge is 0.508 e. The van der Waals surface area contributed by atoms with Crippen LogP contribution in [0.25, 0.3) is 33.1 Å². The van der Waals surface area contributed by atoms with Gasteiger partial charge in [0.25, 0.3) is 5.56 Å². The van der Waals surface area contributed by atoms with Crippen molar-refractivity contribution in [2.45, 2.75) is 45.6 Å². The third-order valence-corrected chi connectivity index (χ3v) is 9.05. The van der Waals surface area contributed by atoms with Crippen LogP contribution < -0.4 is 5.56 Å². The number of nitrogens with zero attached hydrogens (tertiary/aromatic N) is 4. The van der Waals surface area contributed by atoms with Gasteiger partial charge in [-0.3, -0.25) is 9.36 Å². The molecule has 1 saturated heterocycles. The fourth-order valence-corrected chi connectivity index (χ4v) is 6.66. The van der Waals surface area contributed by atoms with Crippen molar-refractivity contribution in [1.82, 2.24) is 24.4 Å². The number of para-hydroxylation sites is 2. The monoisotopic (exact) mass is 603 g/mol. The number of hydrogen-bond donors (Lipinski definition) is 2. The van der Waals surface area contributed by atoms with Crippen molar-refractivity contribution >= 4 is 21.9 Å². The van der Waals surface area contributed by atoms with E-state index in [0.717, 1.165) is 48.1 Å². The zero-order valence-corrected chi connectivity index (χ0v) is 24.8. The van der Waals surface area contributed by atoms with E-state index in [2.05, 4.69) is 46.2 Å². The lowest BCUT2D eigenvalue weighted by molar-refractivity contribution is 0.255. The first-order valence-electron chi connectivity index (χ1n) is 15.2. The molecule has 1 aliphatic rings. The highest BCUT2D eigenvalue weighted by Gasteiger charge is 2.27. The number of rotatable bonds is 6. The number of aromatic nitrogens is 4. The normalized spacial score (nSPS) is 14.9. The molecule has 2 N–H and O–H groups in total. The van der Waals surface area contributed by atoms with E-state index in [0.29, 0.717) is 34.6 Å². The van der Waals surface area contributed by atoms with Gasteiger partial charge < -0.3 is 15.0 Å². The molecule has 0 amide bonds. The van der Waals surface area contributed by atoms with E-state index in [1.54, 1.807) is 0 Å². The van der Waals surface area contributed by atoms with Crippen LogP contribution in [0, 0.1) is 5.82 Å². The van der Waals surface area contributed by atoms with Gasteiger partial charge in [0.05, 0.1) is 28.3 Å². The predicted octanol–water partition coefficient (Wildman–Crippen LogP) is 7.43. The number of nitrogens with one attached hydrogen (secondary N) is 1. The third-order valence-electron chi connectivity index (χ3n) is 9.05. The van der Waals surface area contributed by atoms with Crippen molar-refractivity contribution in [1.29, 1.82) is 0 Å². The highest BCUT2D eigenvalue weighted by atomic mass is 19.1. The van der Waals surface area contributed by atoms with Gasteiger partial charge in [-0.05, 0) is 104 Å². The number of halogens is 1. The molecule has 7 nitrogen and oxygen atoms in total. The van der Waals surface area contributed by atoms with Crippen molar-refractivity contribution < 1.29 is 9.50 Å². The minimum atomic E-state index is -0.940. The minimum Gasteiger partial charge on any atom is -0.508 e. The Morgan fingerprint density at radius 3 is 2.49 bits per heavy atom. The summed E-state index contributed by atoms with van der Waals surface area (Å²) in [4.78, 5) is 29.6. The van der Waals surface area contributed by atoms with Gasteiger partial charge in [0.15, 0.2) is 0 Å². The summed E-state index contributed by atoms with van der Waals surface area (Å²) in [5, 5.41) is 11.4. The quantitative estimate of drug-likeness (QED) is 0.207. The highest BCUT2D eigenvalue weighted by molar-refractivity contribution is 5.89. The molecule has 2 aromatic heterocycles. The SMILES string of the molecule is C.CCc1c(-c2ccc(C3CCN(C)CC3)cc2)ccc2ncn(C(c3nc4ccccc4[nH]3)c3cc(F)ccc3O)c(=O)c12. The fraction of sp³-hybridized carbons (Fsp3) is 0.270. The first-order valence-corrected chi connectivity index (χ1v) is 15.2. The van der Waals surface area contributed by atoms with Gasteiger partial charge in [-0.25, -0.2) is 14.4 Å². The molecule has 0 aliphatic carbocycles. The number of aryl methyl sites for hydroxylation is 1. The molecule has 230 valence electrons. The Kier molecular flexibility index (Phi) is 8.25. The minimum absolute atomic E-state index is 0. The van der Waals surface area contributed by atoms with Crippen LogP contribution in [-0.2, 0) is 6.42 Å². The molecule has 1 fully saturated rings. The van der Waals surface area contributed by atoms with E-state index in [-0.39, 0.29) is 24.3 Å². The van der Waals surface area contributed by atoms with Crippen LogP contribution in [0.3, 0.4) is 0 Å². The number of fused-ring (bicyclic) bond motifs is 2. The van der Waals surface area contributed by atoms with E-state index in [4.69, 9.17) is 4.98 Å². The Bertz CT molecular complexity index is 2010. The summed E-state index contributed by atoms with van der Waals surface area (Å²) in [6.45, 7) is 4.26. The molecular weight excluding hydrogens is 565 g/mol. The fourth-order valence-electron chi connectivity index (χ4n) is 6.66. The summed E-state index contributed by atoms with van der Waals surface area (Å²) in [6.07, 6.45) is 4.39. The van der Waals surface area contributed by atoms with E-state index in [9.17, 15) is 14.3 Å². The second-order valence-corrected chi connectivity index (χ2v) is 11.7. The average molecular weight is 604 g/mol. The van der Waals surface area contributed by atoms with E-state index >= 15 is 0 Å². The smallest absolute Gasteiger partial charge is 0.262 e. The molecule has 45 heavy (non-hydrogen) atoms. The Balaban J connectivity index is 0.00000357. The summed E-state index contributed by atoms with van der Waals surface area (Å²) in [6, 6.07) is 23.0. The van der Waals surface area contributed by atoms with Gasteiger partial charge in [-0.1, -0.05) is 56.8 Å². The topological polar surface area (TPSA) is 87.0 Å². The van der Waals surface area contributed by atoms with Gasteiger partial charge in [0, 0.05) is 5.56 Å². The van der Waals surface area contributed by atoms with Crippen LogP contribution in [0.15, 0.2) is 90.0 Å². The van der Waals surface area contributed by atoms with Crippen molar-refractivity contribution in [3.8, 4) is 16.9 Å². The Morgan fingerprint density at radius 2 is 1.76 bits per heavy atom. The summed E-state index contributed by atoms with van der Waals surface area (Å²) < 4.78 is 16.0. The molecule has 0 spiro atoms. The van der Waals surface area contributed by atoms with Crippen LogP contribution in [0.5, 0.6) is 5.75 Å². The molecular formula is C37H38FN5O2. The molecule has 7 rings (SSSR count). The molecule has 3 heterocycles. The standard InChI is InChI=1S/C36H34FN5O2.CH4/c1-3-26-27(24-10-8-22(9-11-24)23-16-18-41(2)19-17-23)13-14-31-33(26)36(44)42(21-38-31)34(28-20-25(37)12-15-32(28)43)35-39-29-6-4-5-7-30(29)40-35;/h4-15,20-21,23,34,43H,3,16-19H2,1-2H3,(H,39,40);1H4. The van der Waals surface area contributed by atoms with Gasteiger partial charge in [-0.15, -0.1) is 0 Å². The maximum absolute atomic E-state index is 14.6. The number of aromatic amines is 1. The number of likely N-dealkylation sites (tertiary alicyclic amines) is 1. The molecule has 1 atom stereocenters. The Morgan fingerprint density at radius 1 is 1.00 bits per heavy atom. The number of imidazole rings is 1. The number of aromatic hydroxyl groups is 1. The van der Waals surface area contributed by atoms with E-state index in [1.807, 2.05) is 43.3 Å². The third kappa shape index (κ3) is 5.51. The molecule has 0 bridgehead atoms. The second kappa shape index (κ2) is 12.3. The number of H-pyrrole nitrogens is 1. The number of phenolic OH excluding ortho intramolecular Hbond substituents is 1. The lowest BCUT2D eigenvalue weighted by atomic mass is 9.88. The van der Waals surface area contributed by atoms with Crippen molar-refractivity contribution in [3.63, 3.8) is 0 Å². The lowest BCUT2D eigenvalue weighted by Gasteiger charge is -2.29. The number of piperidine rings is 1. The number of phenols is 1. The summed E-state index contributed by atoms with van der Waals surface area (Å²) in [7, 11) is 2.17. The van der Waals surface area contributed by atoms with Crippen LogP contribution >= 0.6 is 0 Å². The summed E-state index contributed by atoms with van der Waals surface area (Å²) in [5.41, 5.74) is 6.27. The van der Waals surface area contributed by atoms with Gasteiger partial charge >= 0.3 is 0 Å². The van der Waals surface area contributed by atoms with E-state index < -0.39 is 11.9 Å². The Hall–Kier alpha value is -4.82. The molecule has 0 saturated carbocycles. The van der Waals surface area contributed by atoms with Gasteiger partial charge in [0.1, 0.15) is 23.4 Å². The van der Waals surface area contributed by atoms with Crippen molar-refractivity contribution in [3.05, 3.63) is 124 Å². The van der Waals surface area contributed by atoms with Crippen LogP contribution in [0.4, 0.5) is 4.39 Å². The first-order chi connectivity index (χ1) is 21.4. The summed E-state index contributed by atoms with van der Waals surface area (Å²) in [5.74, 6) is 0.293.